The molecule has 1 aliphatic rings. The number of benzene rings is 1. The Morgan fingerprint density at radius 2 is 2.12 bits per heavy atom. The monoisotopic (exact) mass is 368 g/mol. The van der Waals surface area contributed by atoms with Gasteiger partial charge in [0.2, 0.25) is 11.9 Å². The number of piperidine rings is 1. The van der Waals surface area contributed by atoms with Gasteiger partial charge in [0.25, 0.3) is 5.56 Å². The SMILES string of the molecule is Cc1ccc(-c2csc3c(=O)[nH]c(N4CCC[C@H](C(N)=O)C4)nc23)cc1. The molecule has 1 aliphatic heterocycles. The molecule has 1 saturated heterocycles. The molecule has 1 fully saturated rings. The summed E-state index contributed by atoms with van der Waals surface area (Å²) in [5, 5.41) is 1.98. The van der Waals surface area contributed by atoms with E-state index in [1.54, 1.807) is 0 Å². The normalized spacial score (nSPS) is 17.6. The number of aryl methyl sites for hydroxylation is 1. The summed E-state index contributed by atoms with van der Waals surface area (Å²) < 4.78 is 0.618. The third-order valence-electron chi connectivity index (χ3n) is 4.90. The van der Waals surface area contributed by atoms with Crippen LogP contribution in [0.1, 0.15) is 18.4 Å². The van der Waals surface area contributed by atoms with Crippen LogP contribution in [-0.2, 0) is 4.79 Å². The summed E-state index contributed by atoms with van der Waals surface area (Å²) in [7, 11) is 0. The average molecular weight is 368 g/mol. The molecule has 6 nitrogen and oxygen atoms in total. The Morgan fingerprint density at radius 1 is 1.35 bits per heavy atom. The maximum absolute atomic E-state index is 12.6. The fourth-order valence-electron chi connectivity index (χ4n) is 3.41. The Morgan fingerprint density at radius 3 is 2.85 bits per heavy atom. The zero-order valence-electron chi connectivity index (χ0n) is 14.5. The largest absolute Gasteiger partial charge is 0.369 e. The topological polar surface area (TPSA) is 92.1 Å². The summed E-state index contributed by atoms with van der Waals surface area (Å²) in [5.74, 6) is 0.0120. The number of H-pyrrole nitrogens is 1. The van der Waals surface area contributed by atoms with Crippen molar-refractivity contribution in [3.63, 3.8) is 0 Å². The first kappa shape index (κ1) is 16.8. The Bertz CT molecular complexity index is 1020. The quantitative estimate of drug-likeness (QED) is 0.743. The van der Waals surface area contributed by atoms with Gasteiger partial charge in [0, 0.05) is 24.0 Å². The van der Waals surface area contributed by atoms with Crippen molar-refractivity contribution in [1.29, 1.82) is 0 Å². The second-order valence-corrected chi connectivity index (χ2v) is 7.65. The number of amides is 1. The number of anilines is 1. The van der Waals surface area contributed by atoms with E-state index in [1.807, 2.05) is 29.3 Å². The Kier molecular flexibility index (Phi) is 4.24. The Balaban J connectivity index is 1.78. The molecule has 0 bridgehead atoms. The molecule has 0 unspecified atom stereocenters. The molecule has 0 radical (unpaired) electrons. The Labute approximate surface area is 154 Å². The molecular formula is C19H20N4O2S. The number of thiophene rings is 1. The van der Waals surface area contributed by atoms with Crippen molar-refractivity contribution in [1.82, 2.24) is 9.97 Å². The number of nitrogens with zero attached hydrogens (tertiary/aromatic N) is 2. The number of hydrogen-bond donors (Lipinski definition) is 2. The van der Waals surface area contributed by atoms with Crippen LogP contribution in [0.4, 0.5) is 5.95 Å². The minimum atomic E-state index is -0.297. The van der Waals surface area contributed by atoms with Crippen molar-refractivity contribution >= 4 is 33.4 Å². The molecule has 0 saturated carbocycles. The van der Waals surface area contributed by atoms with E-state index in [-0.39, 0.29) is 17.4 Å². The van der Waals surface area contributed by atoms with E-state index in [0.29, 0.717) is 22.7 Å². The highest BCUT2D eigenvalue weighted by Crippen LogP contribution is 2.32. The molecule has 7 heteroatoms. The fourth-order valence-corrected chi connectivity index (χ4v) is 4.31. The number of hydrogen-bond acceptors (Lipinski definition) is 5. The van der Waals surface area contributed by atoms with Gasteiger partial charge in [-0.15, -0.1) is 11.3 Å². The van der Waals surface area contributed by atoms with E-state index >= 15 is 0 Å². The number of aromatic nitrogens is 2. The number of carbonyl (C=O) groups is 1. The van der Waals surface area contributed by atoms with Crippen LogP contribution in [0.15, 0.2) is 34.4 Å². The summed E-state index contributed by atoms with van der Waals surface area (Å²) in [4.78, 5) is 33.7. The van der Waals surface area contributed by atoms with Crippen LogP contribution in [0.5, 0.6) is 0 Å². The second-order valence-electron chi connectivity index (χ2n) is 6.77. The summed E-state index contributed by atoms with van der Waals surface area (Å²) in [6.07, 6.45) is 1.63. The van der Waals surface area contributed by atoms with Crippen LogP contribution in [0.2, 0.25) is 0 Å². The van der Waals surface area contributed by atoms with Gasteiger partial charge in [-0.25, -0.2) is 4.98 Å². The van der Waals surface area contributed by atoms with Crippen LogP contribution in [-0.4, -0.2) is 29.0 Å². The number of nitrogens with one attached hydrogen (secondary N) is 1. The molecule has 4 rings (SSSR count). The summed E-state index contributed by atoms with van der Waals surface area (Å²) in [6, 6.07) is 8.19. The zero-order chi connectivity index (χ0) is 18.3. The lowest BCUT2D eigenvalue weighted by atomic mass is 9.98. The molecule has 1 aromatic carbocycles. The van der Waals surface area contributed by atoms with Gasteiger partial charge in [-0.1, -0.05) is 29.8 Å². The molecule has 2 aromatic heterocycles. The third kappa shape index (κ3) is 2.99. The summed E-state index contributed by atoms with van der Waals surface area (Å²) in [6.45, 7) is 3.29. The number of primary amides is 1. The molecule has 1 amide bonds. The second kappa shape index (κ2) is 6.57. The minimum Gasteiger partial charge on any atom is -0.369 e. The first-order valence-electron chi connectivity index (χ1n) is 8.66. The maximum atomic E-state index is 12.6. The van der Waals surface area contributed by atoms with Crippen LogP contribution in [0.3, 0.4) is 0 Å². The molecule has 1 atom stereocenters. The van der Waals surface area contributed by atoms with Crippen molar-refractivity contribution in [2.45, 2.75) is 19.8 Å². The van der Waals surface area contributed by atoms with Crippen LogP contribution >= 0.6 is 11.3 Å². The molecule has 134 valence electrons. The summed E-state index contributed by atoms with van der Waals surface area (Å²) >= 11 is 1.40. The maximum Gasteiger partial charge on any atom is 0.270 e. The zero-order valence-corrected chi connectivity index (χ0v) is 15.3. The molecular weight excluding hydrogens is 348 g/mol. The van der Waals surface area contributed by atoms with Gasteiger partial charge in [-0.05, 0) is 25.3 Å². The van der Waals surface area contributed by atoms with E-state index in [2.05, 4.69) is 17.1 Å². The number of fused-ring (bicyclic) bond motifs is 1. The van der Waals surface area contributed by atoms with Crippen molar-refractivity contribution in [3.8, 4) is 11.1 Å². The van der Waals surface area contributed by atoms with Gasteiger partial charge >= 0.3 is 0 Å². The number of carbonyl (C=O) groups excluding carboxylic acids is 1. The number of nitrogens with two attached hydrogens (primary N) is 1. The molecule has 3 N–H and O–H groups in total. The van der Waals surface area contributed by atoms with Crippen molar-refractivity contribution in [3.05, 3.63) is 45.6 Å². The number of rotatable bonds is 3. The molecule has 0 spiro atoms. The predicted molar refractivity (Wildman–Crippen MR) is 105 cm³/mol. The van der Waals surface area contributed by atoms with Gasteiger partial charge in [-0.2, -0.15) is 0 Å². The van der Waals surface area contributed by atoms with E-state index in [4.69, 9.17) is 10.7 Å². The predicted octanol–water partition coefficient (Wildman–Crippen LogP) is 2.66. The highest BCUT2D eigenvalue weighted by atomic mass is 32.1. The van der Waals surface area contributed by atoms with Gasteiger partial charge in [0.1, 0.15) is 4.70 Å². The molecule has 26 heavy (non-hydrogen) atoms. The smallest absolute Gasteiger partial charge is 0.270 e. The van der Waals surface area contributed by atoms with Crippen molar-refractivity contribution in [2.24, 2.45) is 11.7 Å². The van der Waals surface area contributed by atoms with Crippen molar-refractivity contribution in [2.75, 3.05) is 18.0 Å². The molecule has 3 aromatic rings. The first-order chi connectivity index (χ1) is 12.5. The van der Waals surface area contributed by atoms with Crippen LogP contribution < -0.4 is 16.2 Å². The average Bonchev–Trinajstić information content (AvgIpc) is 3.07. The standard InChI is InChI=1S/C19H20N4O2S/c1-11-4-6-12(7-5-11)14-10-26-16-15(14)21-19(22-18(16)25)23-8-2-3-13(9-23)17(20)24/h4-7,10,13H,2-3,8-9H2,1H3,(H2,20,24)(H,21,22,25)/t13-/m0/s1. The van der Waals surface area contributed by atoms with E-state index < -0.39 is 0 Å². The van der Waals surface area contributed by atoms with E-state index in [9.17, 15) is 9.59 Å². The van der Waals surface area contributed by atoms with Gasteiger partial charge in [0.15, 0.2) is 0 Å². The lowest BCUT2D eigenvalue weighted by molar-refractivity contribution is -0.122. The van der Waals surface area contributed by atoms with E-state index in [1.165, 1.54) is 16.9 Å². The van der Waals surface area contributed by atoms with Gasteiger partial charge in [0.05, 0.1) is 11.4 Å². The Hall–Kier alpha value is -2.67. The van der Waals surface area contributed by atoms with Gasteiger partial charge in [-0.3, -0.25) is 14.6 Å². The minimum absolute atomic E-state index is 0.144. The summed E-state index contributed by atoms with van der Waals surface area (Å²) in [5.41, 5.74) is 9.22. The lowest BCUT2D eigenvalue weighted by Gasteiger charge is -2.31. The highest BCUT2D eigenvalue weighted by molar-refractivity contribution is 7.17. The van der Waals surface area contributed by atoms with Gasteiger partial charge < -0.3 is 10.6 Å². The first-order valence-corrected chi connectivity index (χ1v) is 9.53. The fraction of sp³-hybridized carbons (Fsp3) is 0.316. The van der Waals surface area contributed by atoms with E-state index in [0.717, 1.165) is 30.5 Å². The van der Waals surface area contributed by atoms with Crippen LogP contribution in [0, 0.1) is 12.8 Å². The van der Waals surface area contributed by atoms with Crippen molar-refractivity contribution < 1.29 is 4.79 Å². The number of aromatic amines is 1. The van der Waals surface area contributed by atoms with Crippen LogP contribution in [0.25, 0.3) is 21.3 Å². The molecule has 3 heterocycles. The lowest BCUT2D eigenvalue weighted by Crippen LogP contribution is -2.42. The molecule has 0 aliphatic carbocycles. The highest BCUT2D eigenvalue weighted by Gasteiger charge is 2.26. The third-order valence-corrected chi connectivity index (χ3v) is 5.87.